The van der Waals surface area contributed by atoms with Gasteiger partial charge in [0, 0.05) is 32.9 Å². The van der Waals surface area contributed by atoms with Gasteiger partial charge < -0.3 is 10.3 Å². The summed E-state index contributed by atoms with van der Waals surface area (Å²) in [6.45, 7) is 0. The molecule has 15 heavy (non-hydrogen) atoms. The minimum absolute atomic E-state index is 0.0487. The number of nitrogens with two attached hydrogens (primary N) is 1. The van der Waals surface area contributed by atoms with Crippen LogP contribution in [0, 0.1) is 0 Å². The van der Waals surface area contributed by atoms with Crippen molar-refractivity contribution in [3.05, 3.63) is 36.2 Å². The number of hydrogen-bond acceptors (Lipinski definition) is 3. The molecule has 0 radical (unpaired) electrons. The Bertz CT molecular complexity index is 442. The lowest BCUT2D eigenvalue weighted by atomic mass is 10.1. The number of aromatic nitrogens is 4. The monoisotopic (exact) mass is 205 g/mol. The van der Waals surface area contributed by atoms with Crippen LogP contribution in [0.4, 0.5) is 0 Å². The highest BCUT2D eigenvalue weighted by Crippen LogP contribution is 2.13. The van der Waals surface area contributed by atoms with Gasteiger partial charge in [0.1, 0.15) is 0 Å². The van der Waals surface area contributed by atoms with Crippen LogP contribution in [0.25, 0.3) is 0 Å². The molecule has 1 atom stereocenters. The number of imidazole rings is 1. The Morgan fingerprint density at radius 3 is 2.80 bits per heavy atom. The fourth-order valence-electron chi connectivity index (χ4n) is 1.63. The highest BCUT2D eigenvalue weighted by molar-refractivity contribution is 5.10. The van der Waals surface area contributed by atoms with E-state index >= 15 is 0 Å². The molecule has 2 heterocycles. The fourth-order valence-corrected chi connectivity index (χ4v) is 1.63. The van der Waals surface area contributed by atoms with Gasteiger partial charge in [-0.25, -0.2) is 4.98 Å². The summed E-state index contributed by atoms with van der Waals surface area (Å²) >= 11 is 0. The first-order valence-electron chi connectivity index (χ1n) is 4.87. The first-order valence-corrected chi connectivity index (χ1v) is 4.87. The van der Waals surface area contributed by atoms with Crippen molar-refractivity contribution < 1.29 is 0 Å². The molecule has 0 aromatic carbocycles. The van der Waals surface area contributed by atoms with E-state index in [-0.39, 0.29) is 6.04 Å². The van der Waals surface area contributed by atoms with Gasteiger partial charge in [-0.15, -0.1) is 0 Å². The molecule has 2 rings (SSSR count). The molecule has 2 N–H and O–H groups in total. The lowest BCUT2D eigenvalue weighted by Crippen LogP contribution is -2.16. The quantitative estimate of drug-likeness (QED) is 0.788. The van der Waals surface area contributed by atoms with E-state index in [4.69, 9.17) is 5.73 Å². The predicted molar refractivity (Wildman–Crippen MR) is 57.0 cm³/mol. The summed E-state index contributed by atoms with van der Waals surface area (Å²) in [7, 11) is 3.85. The third kappa shape index (κ3) is 2.07. The van der Waals surface area contributed by atoms with E-state index in [2.05, 4.69) is 10.1 Å². The Labute approximate surface area is 88.5 Å². The molecule has 0 saturated heterocycles. The maximum absolute atomic E-state index is 6.07. The second-order valence-corrected chi connectivity index (χ2v) is 3.72. The van der Waals surface area contributed by atoms with E-state index in [0.717, 1.165) is 17.8 Å². The molecule has 2 aromatic rings. The number of rotatable bonds is 3. The number of hydrogen-bond donors (Lipinski definition) is 1. The largest absolute Gasteiger partial charge is 0.336 e. The third-order valence-electron chi connectivity index (χ3n) is 2.43. The number of aryl methyl sites for hydroxylation is 2. The molecule has 5 nitrogen and oxygen atoms in total. The van der Waals surface area contributed by atoms with Crippen molar-refractivity contribution in [2.45, 2.75) is 12.5 Å². The summed E-state index contributed by atoms with van der Waals surface area (Å²) in [5.41, 5.74) is 8.11. The molecule has 0 aliphatic carbocycles. The van der Waals surface area contributed by atoms with Crippen molar-refractivity contribution in [3.8, 4) is 0 Å². The molecule has 0 fully saturated rings. The van der Waals surface area contributed by atoms with Crippen molar-refractivity contribution in [1.29, 1.82) is 0 Å². The van der Waals surface area contributed by atoms with E-state index in [1.165, 1.54) is 0 Å². The normalized spacial score (nSPS) is 13.0. The molecule has 5 heteroatoms. The molecule has 1 unspecified atom stereocenters. The van der Waals surface area contributed by atoms with Crippen LogP contribution in [0.2, 0.25) is 0 Å². The second kappa shape index (κ2) is 3.86. The highest BCUT2D eigenvalue weighted by Gasteiger charge is 2.11. The predicted octanol–water partition coefficient (Wildman–Crippen LogP) is 0.396. The minimum Gasteiger partial charge on any atom is -0.336 e. The van der Waals surface area contributed by atoms with Gasteiger partial charge in [0.05, 0.1) is 23.8 Å². The van der Waals surface area contributed by atoms with Gasteiger partial charge in [-0.05, 0) is 6.07 Å². The van der Waals surface area contributed by atoms with Crippen molar-refractivity contribution in [2.24, 2.45) is 19.8 Å². The summed E-state index contributed by atoms with van der Waals surface area (Å²) in [6, 6.07) is 1.93. The topological polar surface area (TPSA) is 61.7 Å². The SMILES string of the molecule is Cn1ccc(CC(N)c2cncn2C)n1. The smallest absolute Gasteiger partial charge is 0.0946 e. The van der Waals surface area contributed by atoms with Crippen molar-refractivity contribution in [3.63, 3.8) is 0 Å². The molecule has 0 aliphatic heterocycles. The summed E-state index contributed by atoms with van der Waals surface area (Å²) in [4.78, 5) is 4.05. The summed E-state index contributed by atoms with van der Waals surface area (Å²) < 4.78 is 3.72. The van der Waals surface area contributed by atoms with E-state index in [1.807, 2.05) is 30.9 Å². The molecule has 0 saturated carbocycles. The highest BCUT2D eigenvalue weighted by atomic mass is 15.2. The average Bonchev–Trinajstić information content (AvgIpc) is 2.75. The van der Waals surface area contributed by atoms with Crippen LogP contribution in [0.1, 0.15) is 17.4 Å². The Hall–Kier alpha value is -1.62. The Morgan fingerprint density at radius 1 is 1.47 bits per heavy atom. The average molecular weight is 205 g/mol. The fraction of sp³-hybridized carbons (Fsp3) is 0.400. The van der Waals surface area contributed by atoms with E-state index < -0.39 is 0 Å². The minimum atomic E-state index is -0.0487. The Morgan fingerprint density at radius 2 is 2.27 bits per heavy atom. The molecular weight excluding hydrogens is 190 g/mol. The first kappa shape index (κ1) is 9.92. The van der Waals surface area contributed by atoms with Gasteiger partial charge >= 0.3 is 0 Å². The van der Waals surface area contributed by atoms with Crippen molar-refractivity contribution >= 4 is 0 Å². The third-order valence-corrected chi connectivity index (χ3v) is 2.43. The standard InChI is InChI=1S/C10H15N5/c1-14-7-12-6-10(14)9(11)5-8-3-4-15(2)13-8/h3-4,6-7,9H,5,11H2,1-2H3. The van der Waals surface area contributed by atoms with Gasteiger partial charge in [-0.3, -0.25) is 4.68 Å². The summed E-state index contributed by atoms with van der Waals surface area (Å²) in [6.07, 6.45) is 6.22. The van der Waals surface area contributed by atoms with Gasteiger partial charge in [0.15, 0.2) is 0 Å². The molecule has 0 aliphatic rings. The lowest BCUT2D eigenvalue weighted by molar-refractivity contribution is 0.633. The van der Waals surface area contributed by atoms with Crippen LogP contribution in [-0.4, -0.2) is 19.3 Å². The van der Waals surface area contributed by atoms with Crippen LogP contribution >= 0.6 is 0 Å². The van der Waals surface area contributed by atoms with Crippen molar-refractivity contribution in [2.75, 3.05) is 0 Å². The second-order valence-electron chi connectivity index (χ2n) is 3.72. The van der Waals surface area contributed by atoms with Gasteiger partial charge in [0.2, 0.25) is 0 Å². The van der Waals surface area contributed by atoms with Gasteiger partial charge in [-0.2, -0.15) is 5.10 Å². The molecule has 0 spiro atoms. The van der Waals surface area contributed by atoms with E-state index in [9.17, 15) is 0 Å². The first-order chi connectivity index (χ1) is 7.16. The van der Waals surface area contributed by atoms with Gasteiger partial charge in [0.25, 0.3) is 0 Å². The molecule has 0 bridgehead atoms. The van der Waals surface area contributed by atoms with Crippen LogP contribution < -0.4 is 5.73 Å². The molecule has 0 amide bonds. The summed E-state index contributed by atoms with van der Waals surface area (Å²) in [5, 5.41) is 4.30. The zero-order chi connectivity index (χ0) is 10.8. The van der Waals surface area contributed by atoms with Crippen LogP contribution in [-0.2, 0) is 20.5 Å². The number of nitrogens with zero attached hydrogens (tertiary/aromatic N) is 4. The van der Waals surface area contributed by atoms with Gasteiger partial charge in [-0.1, -0.05) is 0 Å². The summed E-state index contributed by atoms with van der Waals surface area (Å²) in [5.74, 6) is 0. The lowest BCUT2D eigenvalue weighted by Gasteiger charge is -2.10. The van der Waals surface area contributed by atoms with Crippen molar-refractivity contribution in [1.82, 2.24) is 19.3 Å². The molecule has 80 valence electrons. The van der Waals surface area contributed by atoms with Crippen LogP contribution in [0.5, 0.6) is 0 Å². The van der Waals surface area contributed by atoms with Crippen LogP contribution in [0.3, 0.4) is 0 Å². The molecule has 2 aromatic heterocycles. The zero-order valence-electron chi connectivity index (χ0n) is 8.96. The maximum Gasteiger partial charge on any atom is 0.0946 e. The Balaban J connectivity index is 2.10. The Kier molecular flexibility index (Phi) is 2.55. The molecular formula is C10H15N5. The van der Waals surface area contributed by atoms with E-state index in [0.29, 0.717) is 0 Å². The maximum atomic E-state index is 6.07. The van der Waals surface area contributed by atoms with Crippen LogP contribution in [0.15, 0.2) is 24.8 Å². The zero-order valence-corrected chi connectivity index (χ0v) is 8.96. The van der Waals surface area contributed by atoms with E-state index in [1.54, 1.807) is 17.2 Å².